The van der Waals surface area contributed by atoms with Crippen LogP contribution in [0.25, 0.3) is 0 Å². The molecule has 2 aromatic rings. The first kappa shape index (κ1) is 37.1. The van der Waals surface area contributed by atoms with E-state index in [9.17, 15) is 29.1 Å². The molecule has 47 heavy (non-hydrogen) atoms. The highest BCUT2D eigenvalue weighted by Crippen LogP contribution is 2.13. The van der Waals surface area contributed by atoms with E-state index in [0.717, 1.165) is 11.1 Å². The Labute approximate surface area is 275 Å². The molecule has 4 amide bonds. The zero-order valence-corrected chi connectivity index (χ0v) is 27.1. The zero-order chi connectivity index (χ0) is 34.3. The number of hydrogen-bond donors (Lipinski definition) is 6. The van der Waals surface area contributed by atoms with E-state index in [1.807, 2.05) is 74.5 Å². The third-order valence-electron chi connectivity index (χ3n) is 7.86. The number of nitrogens with two attached hydrogens (primary N) is 2. The Bertz CT molecular complexity index is 1330. The summed E-state index contributed by atoms with van der Waals surface area (Å²) in [7, 11) is 0. The summed E-state index contributed by atoms with van der Waals surface area (Å²) < 4.78 is 5.24. The molecule has 0 spiro atoms. The molecule has 13 heteroatoms. The first-order chi connectivity index (χ1) is 22.5. The van der Waals surface area contributed by atoms with E-state index >= 15 is 0 Å². The number of amides is 4. The van der Waals surface area contributed by atoms with Crippen LogP contribution in [0.15, 0.2) is 60.7 Å². The van der Waals surface area contributed by atoms with Gasteiger partial charge in [-0.1, -0.05) is 74.5 Å². The number of ether oxygens (including phenoxy) is 1. The molecule has 0 aromatic heterocycles. The van der Waals surface area contributed by atoms with E-state index in [1.54, 1.807) is 0 Å². The summed E-state index contributed by atoms with van der Waals surface area (Å²) in [6.07, 6.45) is 0.187. The molecule has 8 N–H and O–H groups in total. The number of carboxylic acids is 1. The van der Waals surface area contributed by atoms with Crippen molar-refractivity contribution in [3.05, 3.63) is 71.8 Å². The second kappa shape index (κ2) is 18.7. The van der Waals surface area contributed by atoms with Gasteiger partial charge in [0.05, 0.1) is 19.2 Å². The normalized spacial score (nSPS) is 17.2. The molecule has 1 fully saturated rings. The van der Waals surface area contributed by atoms with Crippen molar-refractivity contribution in [2.24, 2.45) is 17.4 Å². The summed E-state index contributed by atoms with van der Waals surface area (Å²) in [5.74, 6) is -3.29. The molecule has 0 saturated carbocycles. The van der Waals surface area contributed by atoms with E-state index in [4.69, 9.17) is 16.2 Å². The Morgan fingerprint density at radius 2 is 1.40 bits per heavy atom. The number of nitrogens with zero attached hydrogens (tertiary/aromatic N) is 1. The second-order valence-corrected chi connectivity index (χ2v) is 12.2. The minimum Gasteiger partial charge on any atom is -0.479 e. The standard InChI is InChI=1S/C34H48N6O7/c1-22(2)18-27(31(42)37-26(14-9-15-35)33(44)40-16-17-47-29(21-40)34(45)46)39-32(43)28(20-24-12-7-4-8-13-24)38-30(41)25(36)19-23-10-5-3-6-11-23/h3-8,10-13,22,25-29H,9,14-21,35-36H2,1-2H3,(H,37,42)(H,38,41)(H,39,43)(H,45,46)/t25-,26-,27-,28-,29-/m1/s1. The first-order valence-corrected chi connectivity index (χ1v) is 16.1. The molecular formula is C34H48N6O7. The van der Waals surface area contributed by atoms with Crippen LogP contribution < -0.4 is 27.4 Å². The van der Waals surface area contributed by atoms with Gasteiger partial charge in [0.15, 0.2) is 6.10 Å². The molecule has 5 atom stereocenters. The van der Waals surface area contributed by atoms with Gasteiger partial charge in [0, 0.05) is 13.0 Å². The summed E-state index contributed by atoms with van der Waals surface area (Å²) >= 11 is 0. The number of nitrogens with one attached hydrogen (secondary N) is 3. The molecule has 0 bridgehead atoms. The van der Waals surface area contributed by atoms with E-state index in [0.29, 0.717) is 6.42 Å². The van der Waals surface area contributed by atoms with Crippen molar-refractivity contribution >= 4 is 29.6 Å². The van der Waals surface area contributed by atoms with Crippen LogP contribution in [0, 0.1) is 5.92 Å². The van der Waals surface area contributed by atoms with Gasteiger partial charge in [-0.2, -0.15) is 0 Å². The van der Waals surface area contributed by atoms with Crippen molar-refractivity contribution in [1.29, 1.82) is 0 Å². The summed E-state index contributed by atoms with van der Waals surface area (Å²) in [5, 5.41) is 17.7. The molecule has 1 heterocycles. The highest BCUT2D eigenvalue weighted by Gasteiger charge is 2.35. The number of hydrogen-bond acceptors (Lipinski definition) is 8. The second-order valence-electron chi connectivity index (χ2n) is 12.2. The minimum absolute atomic E-state index is 0.0127. The Hall–Kier alpha value is -4.33. The topological polar surface area (TPSA) is 206 Å². The number of carbonyl (C=O) groups excluding carboxylic acids is 4. The minimum atomic E-state index is -1.18. The lowest BCUT2D eigenvalue weighted by Gasteiger charge is -2.34. The largest absolute Gasteiger partial charge is 0.479 e. The predicted octanol–water partition coefficient (Wildman–Crippen LogP) is 0.351. The monoisotopic (exact) mass is 652 g/mol. The fourth-order valence-electron chi connectivity index (χ4n) is 5.34. The van der Waals surface area contributed by atoms with E-state index in [-0.39, 0.29) is 57.8 Å². The van der Waals surface area contributed by atoms with Gasteiger partial charge in [-0.15, -0.1) is 0 Å². The maximum Gasteiger partial charge on any atom is 0.334 e. The number of morpholine rings is 1. The maximum absolute atomic E-state index is 13.8. The summed E-state index contributed by atoms with van der Waals surface area (Å²) in [4.78, 5) is 67.0. The third kappa shape index (κ3) is 12.1. The Morgan fingerprint density at radius 1 is 0.851 bits per heavy atom. The van der Waals surface area contributed by atoms with Crippen LogP contribution in [-0.2, 0) is 41.6 Å². The maximum atomic E-state index is 13.8. The van der Waals surface area contributed by atoms with Crippen molar-refractivity contribution in [3.63, 3.8) is 0 Å². The van der Waals surface area contributed by atoms with Gasteiger partial charge in [-0.25, -0.2) is 4.79 Å². The SMILES string of the molecule is CC(C)C[C@@H](NC(=O)[C@@H](Cc1ccccc1)NC(=O)[C@H](N)Cc1ccccc1)C(=O)N[C@H](CCCN)C(=O)N1CCO[C@@H](C(=O)O)C1. The van der Waals surface area contributed by atoms with Gasteiger partial charge in [0.25, 0.3) is 0 Å². The van der Waals surface area contributed by atoms with Gasteiger partial charge in [0.2, 0.25) is 23.6 Å². The highest BCUT2D eigenvalue weighted by molar-refractivity contribution is 5.95. The zero-order valence-electron chi connectivity index (χ0n) is 27.1. The number of carboxylic acid groups (broad SMARTS) is 1. The van der Waals surface area contributed by atoms with Crippen molar-refractivity contribution < 1.29 is 33.8 Å². The number of benzene rings is 2. The van der Waals surface area contributed by atoms with Gasteiger partial charge < -0.3 is 42.2 Å². The van der Waals surface area contributed by atoms with E-state index < -0.39 is 59.9 Å². The van der Waals surface area contributed by atoms with Crippen LogP contribution in [-0.4, -0.2) is 96.1 Å². The lowest BCUT2D eigenvalue weighted by Crippen LogP contribution is -2.59. The molecule has 0 radical (unpaired) electrons. The van der Waals surface area contributed by atoms with Crippen molar-refractivity contribution in [2.45, 2.75) is 76.2 Å². The molecule has 1 aliphatic heterocycles. The summed E-state index contributed by atoms with van der Waals surface area (Å²) in [5.41, 5.74) is 13.6. The fourth-order valence-corrected chi connectivity index (χ4v) is 5.34. The molecule has 0 aliphatic carbocycles. The fraction of sp³-hybridized carbons (Fsp3) is 0.500. The number of aliphatic carboxylic acids is 1. The lowest BCUT2D eigenvalue weighted by atomic mass is 9.99. The third-order valence-corrected chi connectivity index (χ3v) is 7.86. The summed E-state index contributed by atoms with van der Waals surface area (Å²) in [6.45, 7) is 4.15. The van der Waals surface area contributed by atoms with Crippen LogP contribution in [0.1, 0.15) is 44.2 Å². The highest BCUT2D eigenvalue weighted by atomic mass is 16.5. The van der Waals surface area contributed by atoms with Gasteiger partial charge in [-0.3, -0.25) is 19.2 Å². The van der Waals surface area contributed by atoms with E-state index in [1.165, 1.54) is 4.90 Å². The average molecular weight is 653 g/mol. The van der Waals surface area contributed by atoms with Crippen molar-refractivity contribution in [3.8, 4) is 0 Å². The Balaban J connectivity index is 1.77. The smallest absolute Gasteiger partial charge is 0.334 e. The van der Waals surface area contributed by atoms with Crippen LogP contribution in [0.3, 0.4) is 0 Å². The van der Waals surface area contributed by atoms with E-state index in [2.05, 4.69) is 16.0 Å². The molecule has 256 valence electrons. The average Bonchev–Trinajstić information content (AvgIpc) is 3.06. The predicted molar refractivity (Wildman–Crippen MR) is 176 cm³/mol. The molecule has 2 aromatic carbocycles. The molecular weight excluding hydrogens is 604 g/mol. The molecule has 0 unspecified atom stereocenters. The Kier molecular flexibility index (Phi) is 14.8. The lowest BCUT2D eigenvalue weighted by molar-refractivity contribution is -0.160. The van der Waals surface area contributed by atoms with Crippen LogP contribution in [0.2, 0.25) is 0 Å². The molecule has 13 nitrogen and oxygen atoms in total. The van der Waals surface area contributed by atoms with Crippen LogP contribution in [0.5, 0.6) is 0 Å². The Morgan fingerprint density at radius 3 is 1.98 bits per heavy atom. The van der Waals surface area contributed by atoms with Gasteiger partial charge in [0.1, 0.15) is 18.1 Å². The number of rotatable bonds is 17. The quantitative estimate of drug-likeness (QED) is 0.139. The van der Waals surface area contributed by atoms with Crippen molar-refractivity contribution in [1.82, 2.24) is 20.9 Å². The van der Waals surface area contributed by atoms with Gasteiger partial charge >= 0.3 is 5.97 Å². The molecule has 3 rings (SSSR count). The molecule has 1 aliphatic rings. The number of carbonyl (C=O) groups is 5. The first-order valence-electron chi connectivity index (χ1n) is 16.1. The van der Waals surface area contributed by atoms with Crippen molar-refractivity contribution in [2.75, 3.05) is 26.2 Å². The van der Waals surface area contributed by atoms with Gasteiger partial charge in [-0.05, 0) is 49.3 Å². The summed E-state index contributed by atoms with van der Waals surface area (Å²) in [6, 6.07) is 14.5. The molecule has 1 saturated heterocycles. The van der Waals surface area contributed by atoms with Crippen LogP contribution >= 0.6 is 0 Å². The van der Waals surface area contributed by atoms with Crippen LogP contribution in [0.4, 0.5) is 0 Å².